The highest BCUT2D eigenvalue weighted by Gasteiger charge is 1.87. The number of rotatable bonds is 2. The summed E-state index contributed by atoms with van der Waals surface area (Å²) in [7, 11) is 0. The van der Waals surface area contributed by atoms with Crippen molar-refractivity contribution in [3.63, 3.8) is 0 Å². The minimum Gasteiger partial charge on any atom is -0.123 e. The highest BCUT2D eigenvalue weighted by Crippen LogP contribution is 2.00. The van der Waals surface area contributed by atoms with Crippen LogP contribution in [0.5, 0.6) is 0 Å². The first kappa shape index (κ1) is 7.32. The Balaban J connectivity index is 2.97. The van der Waals surface area contributed by atoms with Crippen LogP contribution in [0, 0.1) is 0 Å². The molecular weight excluding hydrogens is 131 g/mol. The van der Waals surface area contributed by atoms with E-state index in [9.17, 15) is 0 Å². The Labute approximate surface area is 54.1 Å². The summed E-state index contributed by atoms with van der Waals surface area (Å²) in [4.78, 5) is 0. The van der Waals surface area contributed by atoms with Crippen LogP contribution in [-0.4, -0.2) is 5.38 Å². The summed E-state index contributed by atoms with van der Waals surface area (Å²) >= 11 is 10.8. The molecule has 42 valence electrons. The standard InChI is InChI=1S/C5H8Cl2/c1-5(7)3-2-4-6/h2,4-5H,3H2,1H3. The van der Waals surface area contributed by atoms with Crippen LogP contribution >= 0.6 is 23.2 Å². The molecule has 0 N–H and O–H groups in total. The van der Waals surface area contributed by atoms with Crippen LogP contribution in [-0.2, 0) is 0 Å². The van der Waals surface area contributed by atoms with Crippen LogP contribution in [0.1, 0.15) is 13.3 Å². The van der Waals surface area contributed by atoms with Crippen molar-refractivity contribution in [3.8, 4) is 0 Å². The maximum absolute atomic E-state index is 5.55. The van der Waals surface area contributed by atoms with Gasteiger partial charge in [0.1, 0.15) is 0 Å². The lowest BCUT2D eigenvalue weighted by atomic mass is 10.3. The zero-order valence-corrected chi connectivity index (χ0v) is 5.71. The van der Waals surface area contributed by atoms with Gasteiger partial charge in [-0.25, -0.2) is 0 Å². The van der Waals surface area contributed by atoms with Gasteiger partial charge < -0.3 is 0 Å². The molecule has 0 bridgehead atoms. The molecule has 0 saturated carbocycles. The SMILES string of the molecule is CC(Cl)CC=CCl. The normalized spacial score (nSPS) is 15.3. The molecule has 2 heteroatoms. The van der Waals surface area contributed by atoms with Gasteiger partial charge >= 0.3 is 0 Å². The van der Waals surface area contributed by atoms with Gasteiger partial charge in [-0.2, -0.15) is 0 Å². The Bertz CT molecular complexity index is 57.1. The Kier molecular flexibility index (Phi) is 4.68. The molecule has 0 saturated heterocycles. The maximum Gasteiger partial charge on any atom is 0.0342 e. The van der Waals surface area contributed by atoms with Crippen LogP contribution in [0.4, 0.5) is 0 Å². The first-order valence-corrected chi connectivity index (χ1v) is 3.04. The first-order chi connectivity index (χ1) is 3.27. The molecule has 0 aliphatic heterocycles. The number of hydrogen-bond acceptors (Lipinski definition) is 0. The number of hydrogen-bond donors (Lipinski definition) is 0. The lowest BCUT2D eigenvalue weighted by molar-refractivity contribution is 0.970. The van der Waals surface area contributed by atoms with E-state index in [2.05, 4.69) is 0 Å². The van der Waals surface area contributed by atoms with Gasteiger partial charge in [0.2, 0.25) is 0 Å². The highest BCUT2D eigenvalue weighted by molar-refractivity contribution is 6.25. The van der Waals surface area contributed by atoms with Gasteiger partial charge in [0.15, 0.2) is 0 Å². The zero-order valence-electron chi connectivity index (χ0n) is 4.20. The molecule has 0 rings (SSSR count). The van der Waals surface area contributed by atoms with Crippen LogP contribution in [0.15, 0.2) is 11.6 Å². The van der Waals surface area contributed by atoms with Crippen LogP contribution in [0.2, 0.25) is 0 Å². The molecule has 0 amide bonds. The summed E-state index contributed by atoms with van der Waals surface area (Å²) in [5.41, 5.74) is 1.48. The summed E-state index contributed by atoms with van der Waals surface area (Å²) in [6.45, 7) is 1.93. The molecular formula is C5H8Cl2. The molecule has 0 radical (unpaired) electrons. The van der Waals surface area contributed by atoms with Gasteiger partial charge in [0.05, 0.1) is 0 Å². The lowest BCUT2D eigenvalue weighted by Crippen LogP contribution is -1.83. The van der Waals surface area contributed by atoms with Gasteiger partial charge in [0, 0.05) is 10.9 Å². The minimum atomic E-state index is 0.204. The predicted octanol–water partition coefficient (Wildman–Crippen LogP) is 2.76. The average molecular weight is 139 g/mol. The van der Waals surface area contributed by atoms with Gasteiger partial charge in [0.25, 0.3) is 0 Å². The topological polar surface area (TPSA) is 0 Å². The second-order valence-corrected chi connectivity index (χ2v) is 2.38. The summed E-state index contributed by atoms with van der Waals surface area (Å²) in [6.07, 6.45) is 2.68. The minimum absolute atomic E-state index is 0.204. The van der Waals surface area contributed by atoms with Crippen molar-refractivity contribution in [2.24, 2.45) is 0 Å². The van der Waals surface area contributed by atoms with Crippen LogP contribution in [0.3, 0.4) is 0 Å². The fourth-order valence-corrected chi connectivity index (χ4v) is 0.445. The number of alkyl halides is 1. The van der Waals surface area contributed by atoms with Gasteiger partial charge in [-0.15, -0.1) is 11.6 Å². The van der Waals surface area contributed by atoms with E-state index in [0.717, 1.165) is 6.42 Å². The fraction of sp³-hybridized carbons (Fsp3) is 0.600. The second kappa shape index (κ2) is 4.48. The van der Waals surface area contributed by atoms with Crippen LogP contribution in [0.25, 0.3) is 0 Å². The molecule has 0 heterocycles. The Morgan fingerprint density at radius 1 is 1.71 bits per heavy atom. The molecule has 0 fully saturated rings. The van der Waals surface area contributed by atoms with Gasteiger partial charge in [-0.1, -0.05) is 17.7 Å². The fourth-order valence-electron chi connectivity index (χ4n) is 0.239. The van der Waals surface area contributed by atoms with E-state index in [-0.39, 0.29) is 5.38 Å². The van der Waals surface area contributed by atoms with Crippen molar-refractivity contribution in [3.05, 3.63) is 11.6 Å². The number of halogens is 2. The third kappa shape index (κ3) is 6.32. The van der Waals surface area contributed by atoms with Crippen LogP contribution < -0.4 is 0 Å². The van der Waals surface area contributed by atoms with E-state index in [4.69, 9.17) is 23.2 Å². The van der Waals surface area contributed by atoms with Crippen molar-refractivity contribution >= 4 is 23.2 Å². The third-order valence-corrected chi connectivity index (χ3v) is 0.906. The van der Waals surface area contributed by atoms with E-state index in [0.29, 0.717) is 0 Å². The molecule has 0 aromatic carbocycles. The molecule has 0 spiro atoms. The zero-order chi connectivity index (χ0) is 5.70. The largest absolute Gasteiger partial charge is 0.123 e. The molecule has 0 aromatic heterocycles. The molecule has 1 unspecified atom stereocenters. The van der Waals surface area contributed by atoms with Gasteiger partial charge in [-0.05, 0) is 13.3 Å². The number of allylic oxidation sites excluding steroid dienone is 1. The molecule has 1 atom stereocenters. The van der Waals surface area contributed by atoms with E-state index in [1.54, 1.807) is 0 Å². The molecule has 0 aliphatic rings. The van der Waals surface area contributed by atoms with E-state index in [1.165, 1.54) is 5.54 Å². The van der Waals surface area contributed by atoms with E-state index < -0.39 is 0 Å². The smallest absolute Gasteiger partial charge is 0.0342 e. The van der Waals surface area contributed by atoms with E-state index >= 15 is 0 Å². The lowest BCUT2D eigenvalue weighted by Gasteiger charge is -1.90. The van der Waals surface area contributed by atoms with Crippen molar-refractivity contribution < 1.29 is 0 Å². The molecule has 7 heavy (non-hydrogen) atoms. The maximum atomic E-state index is 5.55. The van der Waals surface area contributed by atoms with Crippen molar-refractivity contribution in [2.45, 2.75) is 18.7 Å². The summed E-state index contributed by atoms with van der Waals surface area (Å²) in [5.74, 6) is 0. The predicted molar refractivity (Wildman–Crippen MR) is 34.9 cm³/mol. The van der Waals surface area contributed by atoms with Crippen molar-refractivity contribution in [1.82, 2.24) is 0 Å². The summed E-state index contributed by atoms with van der Waals surface area (Å²) in [6, 6.07) is 0. The third-order valence-electron chi connectivity index (χ3n) is 0.550. The summed E-state index contributed by atoms with van der Waals surface area (Å²) < 4.78 is 0. The Morgan fingerprint density at radius 2 is 2.29 bits per heavy atom. The quantitative estimate of drug-likeness (QED) is 0.516. The molecule has 0 aromatic rings. The molecule has 0 aliphatic carbocycles. The molecule has 0 nitrogen and oxygen atoms in total. The Morgan fingerprint density at radius 3 is 2.43 bits per heavy atom. The van der Waals surface area contributed by atoms with Crippen molar-refractivity contribution in [2.75, 3.05) is 0 Å². The first-order valence-electron chi connectivity index (χ1n) is 2.16. The average Bonchev–Trinajstić information content (AvgIpc) is 1.61. The van der Waals surface area contributed by atoms with Crippen molar-refractivity contribution in [1.29, 1.82) is 0 Å². The van der Waals surface area contributed by atoms with Gasteiger partial charge in [-0.3, -0.25) is 0 Å². The second-order valence-electron chi connectivity index (χ2n) is 1.38. The summed E-state index contributed by atoms with van der Waals surface area (Å²) in [5, 5.41) is 0.204. The Hall–Kier alpha value is 0.320. The van der Waals surface area contributed by atoms with E-state index in [1.807, 2.05) is 13.0 Å². The monoisotopic (exact) mass is 138 g/mol. The highest BCUT2D eigenvalue weighted by atomic mass is 35.5.